The third-order valence-corrected chi connectivity index (χ3v) is 6.07. The molecule has 0 heterocycles. The van der Waals surface area contributed by atoms with Crippen LogP contribution in [0.25, 0.3) is 0 Å². The van der Waals surface area contributed by atoms with E-state index in [1.807, 2.05) is 31.2 Å². The molecule has 0 N–H and O–H groups in total. The van der Waals surface area contributed by atoms with Gasteiger partial charge in [-0.25, -0.2) is 0 Å². The molecule has 0 aromatic heterocycles. The molecule has 3 rings (SSSR count). The first-order valence-electron chi connectivity index (χ1n) is 8.53. The summed E-state index contributed by atoms with van der Waals surface area (Å²) in [7, 11) is -0.759. The van der Waals surface area contributed by atoms with E-state index in [9.17, 15) is 26.3 Å². The summed E-state index contributed by atoms with van der Waals surface area (Å²) in [6, 6.07) is 18.4. The molecular weight excluding hydrogens is 430 g/mol. The molecule has 9 heteroatoms. The van der Waals surface area contributed by atoms with Crippen molar-refractivity contribution in [3.8, 4) is 11.5 Å². The molecule has 0 saturated heterocycles. The quantitative estimate of drug-likeness (QED) is 0.315. The molecule has 3 aromatic carbocycles. The Morgan fingerprint density at radius 2 is 0.833 bits per heavy atom. The first-order valence-corrected chi connectivity index (χ1v) is 9.75. The maximum absolute atomic E-state index is 12.4. The van der Waals surface area contributed by atoms with Gasteiger partial charge in [-0.3, -0.25) is 0 Å². The second-order valence-corrected chi connectivity index (χ2v) is 8.18. The standard InChI is InChI=1S/C21H15F6O2S/c1-14-2-8-17(9-3-14)30(18-10-4-15(5-11-18)28-20(22,23)24)19-12-6-16(7-13-19)29-21(25,26)27/h2-13H,1H3/q+1. The highest BCUT2D eigenvalue weighted by Crippen LogP contribution is 2.34. The van der Waals surface area contributed by atoms with Gasteiger partial charge in [0.25, 0.3) is 0 Å². The van der Waals surface area contributed by atoms with Crippen LogP contribution in [-0.4, -0.2) is 12.7 Å². The smallest absolute Gasteiger partial charge is 0.406 e. The molecule has 158 valence electrons. The van der Waals surface area contributed by atoms with Crippen molar-refractivity contribution < 1.29 is 35.8 Å². The van der Waals surface area contributed by atoms with Gasteiger partial charge < -0.3 is 9.47 Å². The van der Waals surface area contributed by atoms with Gasteiger partial charge in [0.1, 0.15) is 11.5 Å². The Morgan fingerprint density at radius 1 is 0.533 bits per heavy atom. The van der Waals surface area contributed by atoms with Crippen molar-refractivity contribution in [2.75, 3.05) is 0 Å². The highest BCUT2D eigenvalue weighted by molar-refractivity contribution is 7.97. The van der Waals surface area contributed by atoms with Crippen LogP contribution in [0.15, 0.2) is 87.5 Å². The Morgan fingerprint density at radius 3 is 1.13 bits per heavy atom. The normalized spacial score (nSPS) is 12.1. The minimum atomic E-state index is -4.80. The SMILES string of the molecule is Cc1ccc([S+](c2ccc(OC(F)(F)F)cc2)c2ccc(OC(F)(F)F)cc2)cc1. The Bertz CT molecular complexity index is 905. The number of halogens is 6. The Hall–Kier alpha value is -2.81. The molecule has 0 amide bonds. The van der Waals surface area contributed by atoms with E-state index in [-0.39, 0.29) is 11.5 Å². The van der Waals surface area contributed by atoms with Gasteiger partial charge in [-0.15, -0.1) is 26.3 Å². The minimum absolute atomic E-state index is 0.354. The number of aryl methyl sites for hydroxylation is 1. The average molecular weight is 445 g/mol. The van der Waals surface area contributed by atoms with Crippen molar-refractivity contribution in [3.63, 3.8) is 0 Å². The Kier molecular flexibility index (Phi) is 6.21. The fraction of sp³-hybridized carbons (Fsp3) is 0.143. The summed E-state index contributed by atoms with van der Waals surface area (Å²) in [6.45, 7) is 1.91. The molecule has 30 heavy (non-hydrogen) atoms. The summed E-state index contributed by atoms with van der Waals surface area (Å²) in [5.41, 5.74) is 1.02. The molecular formula is C21H15F6O2S+. The van der Waals surface area contributed by atoms with Crippen LogP contribution in [0.3, 0.4) is 0 Å². The van der Waals surface area contributed by atoms with Crippen LogP contribution in [0.5, 0.6) is 11.5 Å². The minimum Gasteiger partial charge on any atom is -0.406 e. The molecule has 0 spiro atoms. The number of alkyl halides is 6. The Labute approximate surface area is 171 Å². The van der Waals surface area contributed by atoms with Crippen LogP contribution in [0.4, 0.5) is 26.3 Å². The molecule has 0 unspecified atom stereocenters. The third-order valence-electron chi connectivity index (χ3n) is 3.84. The topological polar surface area (TPSA) is 18.5 Å². The van der Waals surface area contributed by atoms with E-state index in [1.54, 1.807) is 0 Å². The number of benzene rings is 3. The lowest BCUT2D eigenvalue weighted by Gasteiger charge is -2.12. The lowest BCUT2D eigenvalue weighted by atomic mass is 10.2. The van der Waals surface area contributed by atoms with Crippen LogP contribution in [0.2, 0.25) is 0 Å². The maximum atomic E-state index is 12.4. The van der Waals surface area contributed by atoms with E-state index in [1.165, 1.54) is 48.5 Å². The van der Waals surface area contributed by atoms with Crippen LogP contribution in [-0.2, 0) is 10.9 Å². The van der Waals surface area contributed by atoms with Gasteiger partial charge in [0.05, 0.1) is 10.9 Å². The van der Waals surface area contributed by atoms with Crippen molar-refractivity contribution in [2.24, 2.45) is 0 Å². The van der Waals surface area contributed by atoms with E-state index in [0.717, 1.165) is 10.5 Å². The van der Waals surface area contributed by atoms with E-state index < -0.39 is 23.6 Å². The number of rotatable bonds is 5. The van der Waals surface area contributed by atoms with Gasteiger partial charge in [-0.05, 0) is 67.6 Å². The second kappa shape index (κ2) is 8.51. The lowest BCUT2D eigenvalue weighted by molar-refractivity contribution is -0.275. The van der Waals surface area contributed by atoms with Gasteiger partial charge in [0.2, 0.25) is 0 Å². The van der Waals surface area contributed by atoms with Crippen LogP contribution < -0.4 is 9.47 Å². The third kappa shape index (κ3) is 6.09. The van der Waals surface area contributed by atoms with Crippen LogP contribution in [0.1, 0.15) is 5.56 Å². The molecule has 3 aromatic rings. The summed E-state index contributed by atoms with van der Waals surface area (Å²) in [5.74, 6) is -0.708. The molecule has 0 saturated carbocycles. The molecule has 0 bridgehead atoms. The number of ether oxygens (including phenoxy) is 2. The first kappa shape index (κ1) is 21.9. The zero-order valence-electron chi connectivity index (χ0n) is 15.4. The van der Waals surface area contributed by atoms with Gasteiger partial charge in [-0.2, -0.15) is 0 Å². The van der Waals surface area contributed by atoms with Gasteiger partial charge in [0.15, 0.2) is 14.7 Å². The van der Waals surface area contributed by atoms with Crippen LogP contribution in [0, 0.1) is 6.92 Å². The first-order chi connectivity index (χ1) is 14.0. The maximum Gasteiger partial charge on any atom is 0.573 e. The average Bonchev–Trinajstić information content (AvgIpc) is 2.64. The molecule has 0 atom stereocenters. The molecule has 0 aliphatic carbocycles. The van der Waals surface area contributed by atoms with Gasteiger partial charge in [-0.1, -0.05) is 17.7 Å². The monoisotopic (exact) mass is 445 g/mol. The molecule has 0 fully saturated rings. The highest BCUT2D eigenvalue weighted by atomic mass is 32.2. The summed E-state index contributed by atoms with van der Waals surface area (Å²) >= 11 is 0. The van der Waals surface area contributed by atoms with Crippen molar-refractivity contribution in [3.05, 3.63) is 78.4 Å². The zero-order chi connectivity index (χ0) is 21.9. The van der Waals surface area contributed by atoms with E-state index in [4.69, 9.17) is 0 Å². The highest BCUT2D eigenvalue weighted by Gasteiger charge is 2.34. The van der Waals surface area contributed by atoms with Gasteiger partial charge >= 0.3 is 12.7 Å². The van der Waals surface area contributed by atoms with Crippen molar-refractivity contribution >= 4 is 10.9 Å². The van der Waals surface area contributed by atoms with Crippen molar-refractivity contribution in [1.29, 1.82) is 0 Å². The van der Waals surface area contributed by atoms with Gasteiger partial charge in [0, 0.05) is 0 Å². The fourth-order valence-corrected chi connectivity index (χ4v) is 4.68. The van der Waals surface area contributed by atoms with E-state index >= 15 is 0 Å². The van der Waals surface area contributed by atoms with Crippen LogP contribution >= 0.6 is 0 Å². The number of hydrogen-bond donors (Lipinski definition) is 0. The fourth-order valence-electron chi connectivity index (χ4n) is 2.64. The summed E-state index contributed by atoms with van der Waals surface area (Å²) in [4.78, 5) is 2.21. The molecule has 2 nitrogen and oxygen atoms in total. The summed E-state index contributed by atoms with van der Waals surface area (Å²) < 4.78 is 82.3. The van der Waals surface area contributed by atoms with E-state index in [0.29, 0.717) is 9.79 Å². The Balaban J connectivity index is 1.96. The number of hydrogen-bond acceptors (Lipinski definition) is 2. The second-order valence-electron chi connectivity index (χ2n) is 6.16. The molecule has 0 radical (unpaired) electrons. The summed E-state index contributed by atoms with van der Waals surface area (Å²) in [5, 5.41) is 0. The predicted octanol–water partition coefficient (Wildman–Crippen LogP) is 6.89. The zero-order valence-corrected chi connectivity index (χ0v) is 16.2. The molecule has 0 aliphatic rings. The molecule has 0 aliphatic heterocycles. The van der Waals surface area contributed by atoms with Crippen molar-refractivity contribution in [2.45, 2.75) is 34.3 Å². The van der Waals surface area contributed by atoms with E-state index in [2.05, 4.69) is 9.47 Å². The van der Waals surface area contributed by atoms with Crippen molar-refractivity contribution in [1.82, 2.24) is 0 Å². The lowest BCUT2D eigenvalue weighted by Crippen LogP contribution is -2.17. The largest absolute Gasteiger partial charge is 0.573 e. The summed E-state index contributed by atoms with van der Waals surface area (Å²) in [6.07, 6.45) is -9.59. The predicted molar refractivity (Wildman–Crippen MR) is 99.6 cm³/mol.